The summed E-state index contributed by atoms with van der Waals surface area (Å²) >= 11 is 0. The Bertz CT molecular complexity index is 1700. The Hall–Kier alpha value is -4.32. The van der Waals surface area contributed by atoms with Crippen LogP contribution in [0.15, 0.2) is 48.4 Å². The summed E-state index contributed by atoms with van der Waals surface area (Å²) in [4.78, 5) is 40.8. The lowest BCUT2D eigenvalue weighted by Gasteiger charge is -2.33. The normalized spacial score (nSPS) is 19.1. The molecule has 9 nitrogen and oxygen atoms in total. The number of Topliss-reactive ketones (excluding diaryl/α,β-unsaturated/α-hetero) is 1. The number of allylic oxidation sites excluding steroid dienone is 1. The Morgan fingerprint density at radius 1 is 1.12 bits per heavy atom. The molecule has 0 bridgehead atoms. The summed E-state index contributed by atoms with van der Waals surface area (Å²) in [6, 6.07) is 5.36. The number of carbonyl (C=O) groups excluding carboxylic acids is 2. The van der Waals surface area contributed by atoms with Crippen molar-refractivity contribution in [2.75, 3.05) is 19.4 Å². The van der Waals surface area contributed by atoms with Crippen molar-refractivity contribution < 1.29 is 27.5 Å². The maximum absolute atomic E-state index is 15.2. The first kappa shape index (κ1) is 25.9. The number of nitrogen functional groups attached to an aromatic ring is 1. The summed E-state index contributed by atoms with van der Waals surface area (Å²) in [6.45, 7) is 0.311. The summed E-state index contributed by atoms with van der Waals surface area (Å²) in [6.07, 6.45) is 2.50. The van der Waals surface area contributed by atoms with E-state index in [1.54, 1.807) is 23.6 Å². The number of nitrogens with two attached hydrogens (primary N) is 1. The Morgan fingerprint density at radius 3 is 2.65 bits per heavy atom. The number of benzene rings is 1. The van der Waals surface area contributed by atoms with Gasteiger partial charge in [-0.3, -0.25) is 14.0 Å². The highest BCUT2D eigenvalue weighted by molar-refractivity contribution is 5.99. The van der Waals surface area contributed by atoms with Gasteiger partial charge >= 0.3 is 0 Å². The minimum atomic E-state index is -1.65. The van der Waals surface area contributed by atoms with Crippen LogP contribution < -0.4 is 5.73 Å². The van der Waals surface area contributed by atoms with Gasteiger partial charge in [0.15, 0.2) is 5.78 Å². The van der Waals surface area contributed by atoms with Gasteiger partial charge in [-0.15, -0.1) is 0 Å². The monoisotopic (exact) mass is 550 g/mol. The number of nitrogens with zero attached hydrogens (tertiary/aromatic N) is 5. The van der Waals surface area contributed by atoms with Gasteiger partial charge in [-0.2, -0.15) is 8.78 Å². The minimum absolute atomic E-state index is 0.115. The highest BCUT2D eigenvalue weighted by Gasteiger charge is 2.32. The first-order chi connectivity index (χ1) is 19.2. The molecule has 3 aromatic heterocycles. The third-order valence-electron chi connectivity index (χ3n) is 7.85. The zero-order chi connectivity index (χ0) is 28.1. The van der Waals surface area contributed by atoms with Gasteiger partial charge in [-0.25, -0.2) is 19.3 Å². The van der Waals surface area contributed by atoms with Gasteiger partial charge in [0, 0.05) is 24.6 Å². The molecule has 1 atom stereocenters. The van der Waals surface area contributed by atoms with Crippen LogP contribution in [0.4, 0.5) is 19.0 Å². The van der Waals surface area contributed by atoms with Crippen molar-refractivity contribution >= 4 is 34.1 Å². The topological polar surface area (TPSA) is 116 Å². The molecule has 1 fully saturated rings. The maximum Gasteiger partial charge on any atom is 0.269 e. The molecule has 0 radical (unpaired) electrons. The van der Waals surface area contributed by atoms with Crippen molar-refractivity contribution in [3.05, 3.63) is 76.8 Å². The lowest BCUT2D eigenvalue weighted by atomic mass is 9.82. The van der Waals surface area contributed by atoms with Crippen LogP contribution in [0.3, 0.4) is 0 Å². The summed E-state index contributed by atoms with van der Waals surface area (Å²) in [5.74, 6) is -1.69. The smallest absolute Gasteiger partial charge is 0.269 e. The molecule has 1 unspecified atom stereocenters. The number of carbonyl (C=O) groups is 2. The van der Waals surface area contributed by atoms with E-state index in [0.717, 1.165) is 0 Å². The SMILES string of the molecule is CN(C(=O)c1cc2c(cc1F)nc(N)c1cncn12)C1COCc2nc(C(=O)C3CCC(=C(F)F)CC3)ccc21. The average Bonchev–Trinajstić information content (AvgIpc) is 3.46. The summed E-state index contributed by atoms with van der Waals surface area (Å²) < 4.78 is 48.3. The van der Waals surface area contributed by atoms with Crippen molar-refractivity contribution in [3.8, 4) is 0 Å². The quantitative estimate of drug-likeness (QED) is 0.361. The molecule has 12 heteroatoms. The predicted molar refractivity (Wildman–Crippen MR) is 139 cm³/mol. The van der Waals surface area contributed by atoms with E-state index in [2.05, 4.69) is 15.0 Å². The van der Waals surface area contributed by atoms with Crippen LogP contribution in [-0.4, -0.2) is 49.6 Å². The third-order valence-corrected chi connectivity index (χ3v) is 7.85. The maximum atomic E-state index is 15.2. The number of hydrogen-bond donors (Lipinski definition) is 1. The molecule has 1 aliphatic carbocycles. The van der Waals surface area contributed by atoms with Crippen molar-refractivity contribution in [2.24, 2.45) is 5.92 Å². The average molecular weight is 551 g/mol. The minimum Gasteiger partial charge on any atom is -0.382 e. The Kier molecular flexibility index (Phi) is 6.49. The summed E-state index contributed by atoms with van der Waals surface area (Å²) in [7, 11) is 1.55. The Morgan fingerprint density at radius 2 is 1.90 bits per heavy atom. The first-order valence-corrected chi connectivity index (χ1v) is 12.9. The summed E-state index contributed by atoms with van der Waals surface area (Å²) in [5.41, 5.74) is 8.66. The zero-order valence-corrected chi connectivity index (χ0v) is 21.5. The molecule has 1 aliphatic heterocycles. The van der Waals surface area contributed by atoms with Gasteiger partial charge in [-0.05, 0) is 43.4 Å². The Labute approximate surface area is 226 Å². The van der Waals surface area contributed by atoms with Gasteiger partial charge < -0.3 is 15.4 Å². The number of anilines is 1. The van der Waals surface area contributed by atoms with Crippen LogP contribution in [-0.2, 0) is 11.3 Å². The van der Waals surface area contributed by atoms with Crippen LogP contribution >= 0.6 is 0 Å². The van der Waals surface area contributed by atoms with E-state index in [-0.39, 0.29) is 65.9 Å². The fourth-order valence-corrected chi connectivity index (χ4v) is 5.57. The lowest BCUT2D eigenvalue weighted by molar-refractivity contribution is 0.0326. The zero-order valence-electron chi connectivity index (χ0n) is 21.5. The van der Waals surface area contributed by atoms with Crippen LogP contribution in [0.25, 0.3) is 16.6 Å². The number of ether oxygens (including phenoxy) is 1. The van der Waals surface area contributed by atoms with Crippen LogP contribution in [0.2, 0.25) is 0 Å². The van der Waals surface area contributed by atoms with E-state index in [0.29, 0.717) is 35.1 Å². The van der Waals surface area contributed by atoms with Gasteiger partial charge in [0.25, 0.3) is 12.0 Å². The molecular formula is C28H25F3N6O3. The second kappa shape index (κ2) is 10.0. The molecule has 0 saturated heterocycles. The Balaban J connectivity index is 1.26. The van der Waals surface area contributed by atoms with Crippen LogP contribution in [0, 0.1) is 11.7 Å². The van der Waals surface area contributed by atoms with Crippen molar-refractivity contribution in [1.29, 1.82) is 0 Å². The highest BCUT2D eigenvalue weighted by atomic mass is 19.3. The first-order valence-electron chi connectivity index (χ1n) is 12.9. The lowest BCUT2D eigenvalue weighted by Crippen LogP contribution is -2.37. The molecule has 206 valence electrons. The van der Waals surface area contributed by atoms with E-state index in [1.807, 2.05) is 0 Å². The molecule has 4 aromatic rings. The van der Waals surface area contributed by atoms with E-state index in [4.69, 9.17) is 10.5 Å². The number of rotatable bonds is 4. The fourth-order valence-electron chi connectivity index (χ4n) is 5.57. The van der Waals surface area contributed by atoms with Crippen LogP contribution in [0.1, 0.15) is 63.8 Å². The number of halogens is 3. The number of aromatic nitrogens is 4. The molecule has 0 spiro atoms. The fraction of sp³-hybridized carbons (Fsp3) is 0.321. The molecule has 1 saturated carbocycles. The molecule has 4 heterocycles. The van der Waals surface area contributed by atoms with Crippen LogP contribution in [0.5, 0.6) is 0 Å². The largest absolute Gasteiger partial charge is 0.382 e. The van der Waals surface area contributed by atoms with E-state index in [9.17, 15) is 18.4 Å². The number of imidazole rings is 1. The molecule has 1 aromatic carbocycles. The van der Waals surface area contributed by atoms with Gasteiger partial charge in [0.05, 0.1) is 54.1 Å². The number of amides is 1. The molecule has 6 rings (SSSR count). The number of hydrogen-bond acceptors (Lipinski definition) is 7. The number of pyridine rings is 1. The van der Waals surface area contributed by atoms with Gasteiger partial charge in [0.2, 0.25) is 0 Å². The van der Waals surface area contributed by atoms with Gasteiger partial charge in [-0.1, -0.05) is 6.07 Å². The number of likely N-dealkylation sites (N-methyl/N-ethyl adjacent to an activating group) is 1. The van der Waals surface area contributed by atoms with Gasteiger partial charge in [0.1, 0.15) is 22.8 Å². The third kappa shape index (κ3) is 4.37. The molecule has 2 aliphatic rings. The molecule has 1 amide bonds. The highest BCUT2D eigenvalue weighted by Crippen LogP contribution is 2.34. The molecular weight excluding hydrogens is 525 g/mol. The van der Waals surface area contributed by atoms with E-state index < -0.39 is 23.8 Å². The molecule has 40 heavy (non-hydrogen) atoms. The second-order valence-corrected chi connectivity index (χ2v) is 10.1. The van der Waals surface area contributed by atoms with E-state index >= 15 is 4.39 Å². The standard InChI is InChI=1S/C28H25F3N6O3/c1-36(28(39)17-8-22-20(9-18(17)29)35-27(32)23-10-33-13-37(22)23)24-12-40-11-21-16(24)6-7-19(34-21)25(38)14-2-4-15(5-3-14)26(30)31/h6-10,13-14,24H,2-5,11-12H2,1H3,(H2,32,35). The van der Waals surface area contributed by atoms with E-state index in [1.165, 1.54) is 29.6 Å². The summed E-state index contributed by atoms with van der Waals surface area (Å²) in [5, 5.41) is 0. The predicted octanol–water partition coefficient (Wildman–Crippen LogP) is 4.87. The van der Waals surface area contributed by atoms with Crippen molar-refractivity contribution in [3.63, 3.8) is 0 Å². The van der Waals surface area contributed by atoms with Crippen molar-refractivity contribution in [2.45, 2.75) is 38.3 Å². The number of fused-ring (bicyclic) bond motifs is 4. The van der Waals surface area contributed by atoms with Crippen molar-refractivity contribution in [1.82, 2.24) is 24.3 Å². The second-order valence-electron chi connectivity index (χ2n) is 10.1. The number of ketones is 1. The molecule has 2 N–H and O–H groups in total.